The van der Waals surface area contributed by atoms with Gasteiger partial charge in [0.15, 0.2) is 23.0 Å². The van der Waals surface area contributed by atoms with Crippen LogP contribution in [0.2, 0.25) is 0 Å². The SMILES string of the molecule is CCCC(CN(CCNC(=O)c1ccn(C)c(=O)c1O)CCNC(=O)c1ccn(C)c(=O)c1O)NC(=O)c1ccc(C(=O)O)c(O)c1O.O=C(O)O. The summed E-state index contributed by atoms with van der Waals surface area (Å²) in [4.78, 5) is 84.2. The van der Waals surface area contributed by atoms with Crippen LogP contribution in [0.4, 0.5) is 4.79 Å². The molecule has 0 aliphatic rings. The molecule has 20 nitrogen and oxygen atoms in total. The number of hydrogen-bond acceptors (Lipinski definition) is 12. The molecule has 0 aliphatic heterocycles. The monoisotopic (exact) mass is 732 g/mol. The van der Waals surface area contributed by atoms with Gasteiger partial charge in [-0.15, -0.1) is 0 Å². The lowest BCUT2D eigenvalue weighted by molar-refractivity contribution is 0.0690. The first kappa shape index (κ1) is 41.6. The van der Waals surface area contributed by atoms with Gasteiger partial charge in [0.05, 0.1) is 16.7 Å². The van der Waals surface area contributed by atoms with Crippen LogP contribution in [0.1, 0.15) is 61.2 Å². The summed E-state index contributed by atoms with van der Waals surface area (Å²) in [6.45, 7) is 2.34. The van der Waals surface area contributed by atoms with Gasteiger partial charge in [-0.25, -0.2) is 9.59 Å². The molecule has 3 rings (SSSR count). The maximum absolute atomic E-state index is 13.1. The summed E-state index contributed by atoms with van der Waals surface area (Å²) in [5.41, 5.74) is -2.89. The van der Waals surface area contributed by atoms with Crippen LogP contribution in [0.5, 0.6) is 23.0 Å². The van der Waals surface area contributed by atoms with Crippen LogP contribution < -0.4 is 27.1 Å². The van der Waals surface area contributed by atoms with Crippen molar-refractivity contribution in [3.63, 3.8) is 0 Å². The van der Waals surface area contributed by atoms with Crippen molar-refractivity contribution in [2.75, 3.05) is 32.7 Å². The number of aromatic hydroxyl groups is 4. The highest BCUT2D eigenvalue weighted by molar-refractivity contribution is 6.01. The fraction of sp³-hybridized carbons (Fsp3) is 0.344. The van der Waals surface area contributed by atoms with E-state index in [4.69, 9.17) is 20.1 Å². The van der Waals surface area contributed by atoms with E-state index in [1.54, 1.807) is 4.90 Å². The third-order valence-corrected chi connectivity index (χ3v) is 7.48. The predicted octanol–water partition coefficient (Wildman–Crippen LogP) is -0.112. The van der Waals surface area contributed by atoms with E-state index >= 15 is 0 Å². The number of hydrogen-bond donors (Lipinski definition) is 10. The van der Waals surface area contributed by atoms with Crippen LogP contribution in [-0.4, -0.2) is 118 Å². The standard InChI is InChI=1S/C31H38N6O11.CH2O3/c1-4-5-17(34-28(44)18-6-7-21(31(47)48)23(39)22(18)38)16-37(14-10-32-26(42)19-8-12-35(2)29(45)24(19)40)15-11-33-27(43)20-9-13-36(3)30(46)25(20)41;2-1(3)4/h6-9,12-13,17,38-41H,4-5,10-11,14-16H2,1-3H3,(H,32,42)(H,33,43)(H,34,44)(H,47,48);(H2,2,3,4). The Labute approximate surface area is 294 Å². The van der Waals surface area contributed by atoms with Gasteiger partial charge in [-0.1, -0.05) is 13.3 Å². The van der Waals surface area contributed by atoms with Gasteiger partial charge < -0.3 is 60.8 Å². The zero-order chi connectivity index (χ0) is 39.3. The van der Waals surface area contributed by atoms with Crippen molar-refractivity contribution in [2.24, 2.45) is 14.1 Å². The van der Waals surface area contributed by atoms with Gasteiger partial charge in [0.1, 0.15) is 5.56 Å². The Bertz CT molecular complexity index is 1830. The van der Waals surface area contributed by atoms with Crippen molar-refractivity contribution >= 4 is 29.8 Å². The molecule has 2 heterocycles. The van der Waals surface area contributed by atoms with E-state index in [1.165, 1.54) is 38.6 Å². The molecule has 0 aliphatic carbocycles. The van der Waals surface area contributed by atoms with Crippen LogP contribution in [0.3, 0.4) is 0 Å². The van der Waals surface area contributed by atoms with Gasteiger partial charge in [0.25, 0.3) is 28.8 Å². The van der Waals surface area contributed by atoms with E-state index in [0.717, 1.165) is 21.3 Å². The molecule has 0 radical (unpaired) electrons. The summed E-state index contributed by atoms with van der Waals surface area (Å²) >= 11 is 0. The topological polar surface area (TPSA) is 310 Å². The molecule has 3 aromatic rings. The number of carbonyl (C=O) groups excluding carboxylic acids is 3. The average molecular weight is 733 g/mol. The molecule has 10 N–H and O–H groups in total. The summed E-state index contributed by atoms with van der Waals surface area (Å²) in [6, 6.07) is 4.05. The molecule has 3 amide bonds. The highest BCUT2D eigenvalue weighted by atomic mass is 16.6. The smallest absolute Gasteiger partial charge is 0.503 e. The number of aromatic nitrogens is 2. The summed E-state index contributed by atoms with van der Waals surface area (Å²) in [5.74, 6) is -7.00. The van der Waals surface area contributed by atoms with Gasteiger partial charge in [-0.3, -0.25) is 28.9 Å². The number of carbonyl (C=O) groups is 5. The Morgan fingerprint density at radius 2 is 1.08 bits per heavy atom. The minimum atomic E-state index is -1.83. The summed E-state index contributed by atoms with van der Waals surface area (Å²) in [5, 5.41) is 71.7. The average Bonchev–Trinajstić information content (AvgIpc) is 3.06. The molecule has 0 bridgehead atoms. The number of phenols is 2. The number of nitrogens with one attached hydrogen (secondary N) is 3. The van der Waals surface area contributed by atoms with Gasteiger partial charge in [-0.05, 0) is 30.7 Å². The van der Waals surface area contributed by atoms with Crippen LogP contribution in [0.15, 0.2) is 46.2 Å². The van der Waals surface area contributed by atoms with Gasteiger partial charge in [0, 0.05) is 65.3 Å². The maximum Gasteiger partial charge on any atom is 0.503 e. The normalized spacial score (nSPS) is 11.2. The van der Waals surface area contributed by atoms with Gasteiger partial charge >= 0.3 is 12.1 Å². The molecule has 0 spiro atoms. The molecule has 282 valence electrons. The number of nitrogens with zero attached hydrogens (tertiary/aromatic N) is 3. The minimum Gasteiger partial charge on any atom is -0.504 e. The van der Waals surface area contributed by atoms with Crippen LogP contribution in [-0.2, 0) is 14.1 Å². The number of carboxylic acids is 1. The number of benzene rings is 1. The lowest BCUT2D eigenvalue weighted by Crippen LogP contribution is -2.47. The van der Waals surface area contributed by atoms with E-state index in [0.29, 0.717) is 12.8 Å². The highest BCUT2D eigenvalue weighted by Crippen LogP contribution is 2.32. The number of aromatic carboxylic acids is 1. The number of aryl methyl sites for hydroxylation is 2. The molecule has 0 saturated heterocycles. The van der Waals surface area contributed by atoms with Crippen LogP contribution in [0, 0.1) is 0 Å². The number of amides is 3. The third kappa shape index (κ3) is 11.2. The predicted molar refractivity (Wildman–Crippen MR) is 181 cm³/mol. The molecule has 20 heteroatoms. The first-order valence-corrected chi connectivity index (χ1v) is 15.5. The Hall–Kier alpha value is -6.57. The van der Waals surface area contributed by atoms with E-state index in [9.17, 15) is 49.2 Å². The lowest BCUT2D eigenvalue weighted by Gasteiger charge is -2.28. The molecule has 1 unspecified atom stereocenters. The lowest BCUT2D eigenvalue weighted by atomic mass is 10.1. The Morgan fingerprint density at radius 3 is 1.50 bits per heavy atom. The Morgan fingerprint density at radius 1 is 0.673 bits per heavy atom. The zero-order valence-electron chi connectivity index (χ0n) is 28.3. The number of phenolic OH excluding ortho intramolecular Hbond substituents is 1. The van der Waals surface area contributed by atoms with Gasteiger partial charge in [0.2, 0.25) is 0 Å². The van der Waals surface area contributed by atoms with Gasteiger partial charge in [-0.2, -0.15) is 0 Å². The molecule has 52 heavy (non-hydrogen) atoms. The van der Waals surface area contributed by atoms with Crippen molar-refractivity contribution in [1.82, 2.24) is 30.0 Å². The second-order valence-corrected chi connectivity index (χ2v) is 11.2. The second-order valence-electron chi connectivity index (χ2n) is 11.2. The van der Waals surface area contributed by atoms with E-state index < -0.39 is 75.6 Å². The second kappa shape index (κ2) is 19.0. The molecular formula is C32H40N6O14. The minimum absolute atomic E-state index is 0.00898. The molecule has 1 aromatic carbocycles. The first-order chi connectivity index (χ1) is 24.4. The van der Waals surface area contributed by atoms with Crippen LogP contribution in [0.25, 0.3) is 0 Å². The van der Waals surface area contributed by atoms with Crippen molar-refractivity contribution in [1.29, 1.82) is 0 Å². The summed E-state index contributed by atoms with van der Waals surface area (Å²) in [7, 11) is 2.83. The molecule has 0 fully saturated rings. The Balaban J connectivity index is 0.00000222. The quantitative estimate of drug-likeness (QED) is 0.0912. The molecule has 0 saturated carbocycles. The van der Waals surface area contributed by atoms with E-state index in [1.807, 2.05) is 6.92 Å². The van der Waals surface area contributed by atoms with Crippen molar-refractivity contribution in [3.8, 4) is 23.0 Å². The van der Waals surface area contributed by atoms with Crippen molar-refractivity contribution in [3.05, 3.63) is 79.6 Å². The number of rotatable bonds is 15. The maximum atomic E-state index is 13.1. The molecular weight excluding hydrogens is 692 g/mol. The van der Waals surface area contributed by atoms with Crippen LogP contribution >= 0.6 is 0 Å². The fourth-order valence-corrected chi connectivity index (χ4v) is 4.80. The van der Waals surface area contributed by atoms with E-state index in [2.05, 4.69) is 16.0 Å². The van der Waals surface area contributed by atoms with Crippen molar-refractivity contribution < 1.29 is 59.7 Å². The number of pyridine rings is 2. The first-order valence-electron chi connectivity index (χ1n) is 15.5. The molecule has 1 atom stereocenters. The summed E-state index contributed by atoms with van der Waals surface area (Å²) < 4.78 is 2.22. The third-order valence-electron chi connectivity index (χ3n) is 7.48. The zero-order valence-corrected chi connectivity index (χ0v) is 28.3. The Kier molecular flexibility index (Phi) is 15.2. The van der Waals surface area contributed by atoms with E-state index in [-0.39, 0.29) is 49.4 Å². The largest absolute Gasteiger partial charge is 0.504 e. The molecule has 2 aromatic heterocycles. The summed E-state index contributed by atoms with van der Waals surface area (Å²) in [6.07, 6.45) is 1.86. The van der Waals surface area contributed by atoms with Crippen molar-refractivity contribution in [2.45, 2.75) is 25.8 Å². The fourth-order valence-electron chi connectivity index (χ4n) is 4.80. The highest BCUT2D eigenvalue weighted by Gasteiger charge is 2.24. The number of carboxylic acid groups (broad SMARTS) is 3.